The highest BCUT2D eigenvalue weighted by atomic mass is 79.9. The van der Waals surface area contributed by atoms with Crippen molar-refractivity contribution in [2.75, 3.05) is 6.54 Å². The molecule has 1 aromatic carbocycles. The summed E-state index contributed by atoms with van der Waals surface area (Å²) in [4.78, 5) is 23.2. The normalized spacial score (nSPS) is 21.8. The first kappa shape index (κ1) is 15.9. The number of carboxylic acid groups (broad SMARTS) is 1. The highest BCUT2D eigenvalue weighted by Crippen LogP contribution is 2.29. The van der Waals surface area contributed by atoms with Crippen molar-refractivity contribution in [3.8, 4) is 0 Å². The number of halogens is 2. The zero-order valence-electron chi connectivity index (χ0n) is 11.4. The molecule has 2 unspecified atom stereocenters. The molecule has 6 heteroatoms. The SMILES string of the molecule is O=C(NCC1CCCCC1C(=O)O)c1cc(F)cc(Br)c1. The molecule has 4 nitrogen and oxygen atoms in total. The lowest BCUT2D eigenvalue weighted by Gasteiger charge is -2.28. The Kier molecular flexibility index (Phi) is 5.33. The van der Waals surface area contributed by atoms with Crippen molar-refractivity contribution in [1.29, 1.82) is 0 Å². The Bertz CT molecular complexity index is 529. The topological polar surface area (TPSA) is 66.4 Å². The Morgan fingerprint density at radius 1 is 1.29 bits per heavy atom. The Morgan fingerprint density at radius 3 is 2.67 bits per heavy atom. The van der Waals surface area contributed by atoms with Crippen LogP contribution in [0.25, 0.3) is 0 Å². The van der Waals surface area contributed by atoms with E-state index in [-0.39, 0.29) is 17.4 Å². The Morgan fingerprint density at radius 2 is 2.00 bits per heavy atom. The first-order valence-corrected chi connectivity index (χ1v) is 7.74. The summed E-state index contributed by atoms with van der Waals surface area (Å²) in [6, 6.07) is 3.97. The van der Waals surface area contributed by atoms with E-state index in [0.717, 1.165) is 25.3 Å². The van der Waals surface area contributed by atoms with Crippen molar-refractivity contribution < 1.29 is 19.1 Å². The van der Waals surface area contributed by atoms with Gasteiger partial charge in [-0.25, -0.2) is 4.39 Å². The van der Waals surface area contributed by atoms with Gasteiger partial charge in [0.25, 0.3) is 5.91 Å². The number of aliphatic carboxylic acids is 1. The second-order valence-corrected chi connectivity index (χ2v) is 6.27. The van der Waals surface area contributed by atoms with Crippen LogP contribution in [0.5, 0.6) is 0 Å². The van der Waals surface area contributed by atoms with Gasteiger partial charge in [0, 0.05) is 16.6 Å². The van der Waals surface area contributed by atoms with Crippen LogP contribution in [0.1, 0.15) is 36.0 Å². The fraction of sp³-hybridized carbons (Fsp3) is 0.467. The summed E-state index contributed by atoms with van der Waals surface area (Å²) >= 11 is 3.14. The molecule has 0 radical (unpaired) electrons. The standard InChI is InChI=1S/C15H17BrFNO3/c16-11-5-10(6-12(17)7-11)14(19)18-8-9-3-1-2-4-13(9)15(20)21/h5-7,9,13H,1-4,8H2,(H,18,19)(H,20,21). The predicted octanol–water partition coefficient (Wildman–Crippen LogP) is 3.21. The first-order valence-electron chi connectivity index (χ1n) is 6.94. The molecule has 0 saturated heterocycles. The van der Waals surface area contributed by atoms with Gasteiger partial charge in [-0.15, -0.1) is 0 Å². The first-order chi connectivity index (χ1) is 9.97. The van der Waals surface area contributed by atoms with E-state index < -0.39 is 17.7 Å². The molecule has 1 aliphatic rings. The van der Waals surface area contributed by atoms with Crippen LogP contribution in [0.2, 0.25) is 0 Å². The summed E-state index contributed by atoms with van der Waals surface area (Å²) in [6.45, 7) is 0.309. The fourth-order valence-corrected chi connectivity index (χ4v) is 3.25. The number of hydrogen-bond acceptors (Lipinski definition) is 2. The van der Waals surface area contributed by atoms with Gasteiger partial charge in [-0.1, -0.05) is 28.8 Å². The number of benzene rings is 1. The van der Waals surface area contributed by atoms with E-state index in [1.54, 1.807) is 0 Å². The Labute approximate surface area is 130 Å². The third-order valence-electron chi connectivity index (χ3n) is 3.88. The molecule has 2 rings (SSSR count). The zero-order chi connectivity index (χ0) is 15.4. The maximum atomic E-state index is 13.3. The minimum absolute atomic E-state index is 0.0581. The molecular weight excluding hydrogens is 341 g/mol. The Balaban J connectivity index is 1.98. The van der Waals surface area contributed by atoms with Crippen LogP contribution >= 0.6 is 15.9 Å². The molecule has 1 aliphatic carbocycles. The molecule has 2 atom stereocenters. The van der Waals surface area contributed by atoms with E-state index in [9.17, 15) is 19.1 Å². The minimum atomic E-state index is -0.803. The number of carbonyl (C=O) groups is 2. The van der Waals surface area contributed by atoms with Gasteiger partial charge >= 0.3 is 5.97 Å². The second-order valence-electron chi connectivity index (χ2n) is 5.36. The number of carboxylic acids is 1. The van der Waals surface area contributed by atoms with Crippen LogP contribution < -0.4 is 5.32 Å². The van der Waals surface area contributed by atoms with Crippen molar-refractivity contribution in [2.24, 2.45) is 11.8 Å². The van der Waals surface area contributed by atoms with E-state index in [0.29, 0.717) is 17.4 Å². The predicted molar refractivity (Wildman–Crippen MR) is 79.5 cm³/mol. The van der Waals surface area contributed by atoms with Gasteiger partial charge in [-0.3, -0.25) is 9.59 Å². The molecule has 0 bridgehead atoms. The summed E-state index contributed by atoms with van der Waals surface area (Å²) in [7, 11) is 0. The van der Waals surface area contributed by atoms with Crippen molar-refractivity contribution in [1.82, 2.24) is 5.32 Å². The van der Waals surface area contributed by atoms with Crippen molar-refractivity contribution in [3.63, 3.8) is 0 Å². The van der Waals surface area contributed by atoms with Crippen LogP contribution in [-0.2, 0) is 4.79 Å². The lowest BCUT2D eigenvalue weighted by Crippen LogP contribution is -2.37. The number of rotatable bonds is 4. The van der Waals surface area contributed by atoms with E-state index in [4.69, 9.17) is 0 Å². The number of nitrogens with one attached hydrogen (secondary N) is 1. The van der Waals surface area contributed by atoms with Gasteiger partial charge < -0.3 is 10.4 Å². The van der Waals surface area contributed by atoms with Gasteiger partial charge in [0.2, 0.25) is 0 Å². The molecule has 21 heavy (non-hydrogen) atoms. The van der Waals surface area contributed by atoms with Crippen LogP contribution in [-0.4, -0.2) is 23.5 Å². The summed E-state index contributed by atoms with van der Waals surface area (Å²) in [5.74, 6) is -2.14. The van der Waals surface area contributed by atoms with Crippen LogP contribution in [0.3, 0.4) is 0 Å². The average Bonchev–Trinajstić information content (AvgIpc) is 2.43. The molecule has 1 saturated carbocycles. The third-order valence-corrected chi connectivity index (χ3v) is 4.33. The molecule has 1 aromatic rings. The van der Waals surface area contributed by atoms with Gasteiger partial charge in [-0.2, -0.15) is 0 Å². The lowest BCUT2D eigenvalue weighted by atomic mass is 9.79. The molecule has 0 heterocycles. The average molecular weight is 358 g/mol. The number of hydrogen-bond donors (Lipinski definition) is 2. The monoisotopic (exact) mass is 357 g/mol. The van der Waals surface area contributed by atoms with E-state index in [1.165, 1.54) is 12.1 Å². The molecule has 114 valence electrons. The van der Waals surface area contributed by atoms with Gasteiger partial charge in [0.05, 0.1) is 5.92 Å². The van der Waals surface area contributed by atoms with E-state index >= 15 is 0 Å². The summed E-state index contributed by atoms with van der Waals surface area (Å²) in [5.41, 5.74) is 0.226. The molecule has 0 aliphatic heterocycles. The van der Waals surface area contributed by atoms with Crippen molar-refractivity contribution in [2.45, 2.75) is 25.7 Å². The molecule has 1 amide bonds. The maximum absolute atomic E-state index is 13.3. The van der Waals surface area contributed by atoms with Gasteiger partial charge in [0.1, 0.15) is 5.82 Å². The molecule has 0 spiro atoms. The molecular formula is C15H17BrFNO3. The third kappa shape index (κ3) is 4.27. The van der Waals surface area contributed by atoms with Crippen LogP contribution in [0.4, 0.5) is 4.39 Å². The second kappa shape index (κ2) is 7.02. The highest BCUT2D eigenvalue weighted by Gasteiger charge is 2.30. The quantitative estimate of drug-likeness (QED) is 0.869. The minimum Gasteiger partial charge on any atom is -0.481 e. The van der Waals surface area contributed by atoms with Crippen LogP contribution in [0.15, 0.2) is 22.7 Å². The Hall–Kier alpha value is -1.43. The fourth-order valence-electron chi connectivity index (χ4n) is 2.79. The van der Waals surface area contributed by atoms with E-state index in [2.05, 4.69) is 21.2 Å². The smallest absolute Gasteiger partial charge is 0.306 e. The molecule has 1 fully saturated rings. The van der Waals surface area contributed by atoms with Gasteiger partial charge in [-0.05, 0) is 37.0 Å². The van der Waals surface area contributed by atoms with E-state index in [1.807, 2.05) is 0 Å². The summed E-state index contributed by atoms with van der Waals surface area (Å²) in [6.07, 6.45) is 3.35. The zero-order valence-corrected chi connectivity index (χ0v) is 13.0. The largest absolute Gasteiger partial charge is 0.481 e. The number of amides is 1. The highest BCUT2D eigenvalue weighted by molar-refractivity contribution is 9.10. The summed E-state index contributed by atoms with van der Waals surface area (Å²) < 4.78 is 13.8. The van der Waals surface area contributed by atoms with Crippen molar-refractivity contribution in [3.05, 3.63) is 34.1 Å². The van der Waals surface area contributed by atoms with Crippen molar-refractivity contribution >= 4 is 27.8 Å². The molecule has 2 N–H and O–H groups in total. The van der Waals surface area contributed by atoms with Gasteiger partial charge in [0.15, 0.2) is 0 Å². The number of carbonyl (C=O) groups excluding carboxylic acids is 1. The maximum Gasteiger partial charge on any atom is 0.306 e. The lowest BCUT2D eigenvalue weighted by molar-refractivity contribution is -0.144. The molecule has 0 aromatic heterocycles. The van der Waals surface area contributed by atoms with Crippen LogP contribution in [0, 0.1) is 17.7 Å². The summed E-state index contributed by atoms with van der Waals surface area (Å²) in [5, 5.41) is 11.9.